The van der Waals surface area contributed by atoms with Gasteiger partial charge in [0.1, 0.15) is 3.70 Å². The molecule has 1 aromatic rings. The fourth-order valence-electron chi connectivity index (χ4n) is 3.83. The van der Waals surface area contributed by atoms with Crippen molar-refractivity contribution < 1.29 is 0 Å². The zero-order valence-electron chi connectivity index (χ0n) is 10.1. The number of hydrogen-bond acceptors (Lipinski definition) is 2. The number of aromatic nitrogens is 2. The first-order chi connectivity index (χ1) is 8.20. The van der Waals surface area contributed by atoms with Gasteiger partial charge in [-0.15, -0.1) is 0 Å². The van der Waals surface area contributed by atoms with Crippen molar-refractivity contribution in [2.75, 3.05) is 13.1 Å². The predicted octanol–water partition coefficient (Wildman–Crippen LogP) is 2.54. The molecule has 1 unspecified atom stereocenters. The summed E-state index contributed by atoms with van der Waals surface area (Å²) < 4.78 is 3.53. The summed E-state index contributed by atoms with van der Waals surface area (Å²) in [5.74, 6) is 1.62. The molecular formula is C13H18IN3. The molecule has 0 bridgehead atoms. The second-order valence-electron chi connectivity index (χ2n) is 6.14. The molecule has 0 amide bonds. The maximum Gasteiger partial charge on any atom is 0.123 e. The average molecular weight is 343 g/mol. The first-order valence-corrected chi connectivity index (χ1v) is 7.74. The third kappa shape index (κ3) is 1.40. The number of nitrogens with one attached hydrogen (secondary N) is 1. The average Bonchev–Trinajstić information content (AvgIpc) is 2.57. The lowest BCUT2D eigenvalue weighted by Crippen LogP contribution is -2.23. The van der Waals surface area contributed by atoms with Gasteiger partial charge in [-0.25, -0.2) is 0 Å². The molecular weight excluding hydrogens is 325 g/mol. The number of piperidine rings is 1. The molecule has 0 radical (unpaired) electrons. The van der Waals surface area contributed by atoms with E-state index in [0.717, 1.165) is 11.8 Å². The predicted molar refractivity (Wildman–Crippen MR) is 75.0 cm³/mol. The molecule has 3 atom stereocenters. The molecule has 1 aromatic heterocycles. The van der Waals surface area contributed by atoms with Crippen molar-refractivity contribution in [2.24, 2.45) is 11.3 Å². The number of halogens is 1. The van der Waals surface area contributed by atoms with Crippen LogP contribution in [0.2, 0.25) is 0 Å². The topological polar surface area (TPSA) is 29.9 Å². The SMILES string of the molecule is CC12CNC[C@H]1[C@@H]2c1cc(I)nn1C1CCC1. The quantitative estimate of drug-likeness (QED) is 0.837. The highest BCUT2D eigenvalue weighted by Gasteiger charge is 2.65. The highest BCUT2D eigenvalue weighted by molar-refractivity contribution is 14.1. The lowest BCUT2D eigenvalue weighted by Gasteiger charge is -2.28. The zero-order valence-corrected chi connectivity index (χ0v) is 12.3. The molecule has 17 heavy (non-hydrogen) atoms. The third-order valence-corrected chi connectivity index (χ3v) is 5.72. The second kappa shape index (κ2) is 3.47. The van der Waals surface area contributed by atoms with E-state index in [1.54, 1.807) is 0 Å². The molecule has 4 heteroatoms. The lowest BCUT2D eigenvalue weighted by molar-refractivity contribution is 0.278. The van der Waals surface area contributed by atoms with Crippen LogP contribution in [0.5, 0.6) is 0 Å². The normalized spacial score (nSPS) is 40.1. The van der Waals surface area contributed by atoms with Gasteiger partial charge < -0.3 is 5.32 Å². The Morgan fingerprint density at radius 1 is 1.53 bits per heavy atom. The zero-order chi connectivity index (χ0) is 11.6. The van der Waals surface area contributed by atoms with Crippen molar-refractivity contribution in [3.8, 4) is 0 Å². The lowest BCUT2D eigenvalue weighted by atomic mass is 9.92. The number of fused-ring (bicyclic) bond motifs is 1. The molecule has 2 aliphatic carbocycles. The highest BCUT2D eigenvalue weighted by atomic mass is 127. The molecule has 92 valence electrons. The van der Waals surface area contributed by atoms with E-state index in [0.29, 0.717) is 11.5 Å². The minimum Gasteiger partial charge on any atom is -0.316 e. The standard InChI is InChI=1S/C13H18IN3/c1-13-7-15-6-9(13)12(13)10-5-11(14)16-17(10)8-3-2-4-8/h5,8-9,12,15H,2-4,6-7H2,1H3/t9-,12+,13?/m0/s1. The van der Waals surface area contributed by atoms with Crippen molar-refractivity contribution in [2.45, 2.75) is 38.1 Å². The van der Waals surface area contributed by atoms with Crippen LogP contribution in [-0.2, 0) is 0 Å². The molecule has 1 aliphatic heterocycles. The fourth-order valence-corrected chi connectivity index (χ4v) is 4.38. The molecule has 2 heterocycles. The molecule has 2 saturated carbocycles. The number of hydrogen-bond donors (Lipinski definition) is 1. The van der Waals surface area contributed by atoms with Crippen molar-refractivity contribution >= 4 is 22.6 Å². The maximum absolute atomic E-state index is 4.74. The van der Waals surface area contributed by atoms with Crippen molar-refractivity contribution in [3.63, 3.8) is 0 Å². The second-order valence-corrected chi connectivity index (χ2v) is 7.25. The third-order valence-electron chi connectivity index (χ3n) is 5.19. The number of nitrogens with zero attached hydrogens (tertiary/aromatic N) is 2. The Morgan fingerprint density at radius 2 is 2.35 bits per heavy atom. The van der Waals surface area contributed by atoms with Crippen LogP contribution >= 0.6 is 22.6 Å². The molecule has 3 aliphatic rings. The molecule has 0 spiro atoms. The van der Waals surface area contributed by atoms with Crippen LogP contribution in [0.1, 0.15) is 43.8 Å². The van der Waals surface area contributed by atoms with E-state index in [-0.39, 0.29) is 0 Å². The van der Waals surface area contributed by atoms with E-state index < -0.39 is 0 Å². The fraction of sp³-hybridized carbons (Fsp3) is 0.769. The van der Waals surface area contributed by atoms with Gasteiger partial charge in [-0.05, 0) is 65.8 Å². The summed E-state index contributed by atoms with van der Waals surface area (Å²) in [7, 11) is 0. The van der Waals surface area contributed by atoms with E-state index in [2.05, 4.69) is 45.6 Å². The summed E-state index contributed by atoms with van der Waals surface area (Å²) in [6.07, 6.45) is 4.04. The monoisotopic (exact) mass is 343 g/mol. The Balaban J connectivity index is 1.70. The van der Waals surface area contributed by atoms with Gasteiger partial charge in [0.15, 0.2) is 0 Å². The van der Waals surface area contributed by atoms with E-state index in [9.17, 15) is 0 Å². The number of rotatable bonds is 2. The van der Waals surface area contributed by atoms with Gasteiger partial charge >= 0.3 is 0 Å². The van der Waals surface area contributed by atoms with Crippen molar-refractivity contribution in [1.82, 2.24) is 15.1 Å². The molecule has 1 N–H and O–H groups in total. The van der Waals surface area contributed by atoms with Gasteiger partial charge in [0.25, 0.3) is 0 Å². The van der Waals surface area contributed by atoms with Gasteiger partial charge in [-0.2, -0.15) is 5.10 Å². The van der Waals surface area contributed by atoms with E-state index in [4.69, 9.17) is 5.10 Å². The van der Waals surface area contributed by atoms with Crippen LogP contribution < -0.4 is 5.32 Å². The molecule has 1 saturated heterocycles. The van der Waals surface area contributed by atoms with Gasteiger partial charge in [-0.1, -0.05) is 6.92 Å². The molecule has 4 rings (SSSR count). The maximum atomic E-state index is 4.74. The Labute approximate surface area is 115 Å². The van der Waals surface area contributed by atoms with Gasteiger partial charge in [0.2, 0.25) is 0 Å². The Hall–Kier alpha value is -0.100. The van der Waals surface area contributed by atoms with Crippen LogP contribution in [0.4, 0.5) is 0 Å². The summed E-state index contributed by atoms with van der Waals surface area (Å²) >= 11 is 2.36. The van der Waals surface area contributed by atoms with Gasteiger partial charge in [0.05, 0.1) is 6.04 Å². The molecule has 3 fully saturated rings. The van der Waals surface area contributed by atoms with Gasteiger partial charge in [-0.3, -0.25) is 4.68 Å². The van der Waals surface area contributed by atoms with Crippen LogP contribution in [0, 0.1) is 15.0 Å². The van der Waals surface area contributed by atoms with E-state index in [1.807, 2.05) is 0 Å². The Morgan fingerprint density at radius 3 is 2.94 bits per heavy atom. The largest absolute Gasteiger partial charge is 0.316 e. The van der Waals surface area contributed by atoms with Crippen LogP contribution in [0.25, 0.3) is 0 Å². The van der Waals surface area contributed by atoms with Gasteiger partial charge in [0, 0.05) is 18.2 Å². The first kappa shape index (κ1) is 10.8. The minimum absolute atomic E-state index is 0.518. The molecule has 3 nitrogen and oxygen atoms in total. The Bertz CT molecular complexity index is 465. The summed E-state index contributed by atoms with van der Waals surface area (Å²) in [6.45, 7) is 4.83. The Kier molecular flexibility index (Phi) is 2.20. The highest BCUT2D eigenvalue weighted by Crippen LogP contribution is 2.66. The van der Waals surface area contributed by atoms with Crippen LogP contribution in [0.15, 0.2) is 6.07 Å². The summed E-state index contributed by atoms with van der Waals surface area (Å²) in [4.78, 5) is 0. The summed E-state index contributed by atoms with van der Waals surface area (Å²) in [5.41, 5.74) is 2.04. The summed E-state index contributed by atoms with van der Waals surface area (Å²) in [5, 5.41) is 8.25. The first-order valence-electron chi connectivity index (χ1n) is 6.66. The van der Waals surface area contributed by atoms with Crippen molar-refractivity contribution in [1.29, 1.82) is 0 Å². The molecule has 0 aromatic carbocycles. The van der Waals surface area contributed by atoms with E-state index >= 15 is 0 Å². The van der Waals surface area contributed by atoms with Crippen LogP contribution in [-0.4, -0.2) is 22.9 Å². The smallest absolute Gasteiger partial charge is 0.123 e. The summed E-state index contributed by atoms with van der Waals surface area (Å²) in [6, 6.07) is 3.03. The van der Waals surface area contributed by atoms with E-state index in [1.165, 1.54) is 41.7 Å². The van der Waals surface area contributed by atoms with Crippen molar-refractivity contribution in [3.05, 3.63) is 15.5 Å². The minimum atomic E-state index is 0.518. The van der Waals surface area contributed by atoms with Crippen LogP contribution in [0.3, 0.4) is 0 Å².